The summed E-state index contributed by atoms with van der Waals surface area (Å²) in [7, 11) is 0. The Kier molecular flexibility index (Phi) is 4.21. The maximum absolute atomic E-state index is 11.8. The monoisotopic (exact) mass is 289 g/mol. The van der Waals surface area contributed by atoms with Gasteiger partial charge >= 0.3 is 0 Å². The van der Waals surface area contributed by atoms with Crippen molar-refractivity contribution in [3.05, 3.63) is 61.8 Å². The van der Waals surface area contributed by atoms with E-state index in [1.54, 1.807) is 11.3 Å². The van der Waals surface area contributed by atoms with Crippen molar-refractivity contribution in [1.82, 2.24) is 5.43 Å². The molecule has 0 aliphatic heterocycles. The lowest BCUT2D eigenvalue weighted by Gasteiger charge is -1.99. The van der Waals surface area contributed by atoms with Gasteiger partial charge in [0.25, 0.3) is 11.6 Å². The molecular weight excluding hydrogens is 278 g/mol. The fourth-order valence-corrected chi connectivity index (χ4v) is 2.25. The largest absolute Gasteiger partial charge is 0.271 e. The predicted octanol–water partition coefficient (Wildman–Crippen LogP) is 2.73. The van der Waals surface area contributed by atoms with Crippen LogP contribution < -0.4 is 5.43 Å². The van der Waals surface area contributed by atoms with Gasteiger partial charge in [0, 0.05) is 27.5 Å². The topological polar surface area (TPSA) is 84.6 Å². The maximum atomic E-state index is 11.8. The number of non-ortho nitro benzene ring substituents is 1. The highest BCUT2D eigenvalue weighted by Gasteiger charge is 2.10. The van der Waals surface area contributed by atoms with Crippen molar-refractivity contribution in [2.24, 2.45) is 5.10 Å². The number of carbonyl (C=O) groups excluding carboxylic acids is 1. The molecule has 0 atom stereocenters. The van der Waals surface area contributed by atoms with E-state index in [1.165, 1.54) is 30.5 Å². The molecule has 1 heterocycles. The third-order valence-corrected chi connectivity index (χ3v) is 3.37. The Morgan fingerprint density at radius 3 is 2.85 bits per heavy atom. The Labute approximate surface area is 118 Å². The first-order chi connectivity index (χ1) is 9.56. The van der Waals surface area contributed by atoms with Crippen LogP contribution in [0.1, 0.15) is 20.1 Å². The van der Waals surface area contributed by atoms with E-state index in [-0.39, 0.29) is 11.3 Å². The molecule has 0 aliphatic carbocycles. The van der Waals surface area contributed by atoms with Crippen LogP contribution in [0, 0.1) is 17.0 Å². The number of rotatable bonds is 4. The van der Waals surface area contributed by atoms with E-state index in [0.717, 1.165) is 9.75 Å². The second kappa shape index (κ2) is 6.07. The molecule has 1 amide bonds. The number of aryl methyl sites for hydroxylation is 1. The van der Waals surface area contributed by atoms with Crippen molar-refractivity contribution in [2.45, 2.75) is 6.92 Å². The Morgan fingerprint density at radius 1 is 1.40 bits per heavy atom. The Morgan fingerprint density at radius 2 is 2.20 bits per heavy atom. The molecule has 0 radical (unpaired) electrons. The number of amides is 1. The summed E-state index contributed by atoms with van der Waals surface area (Å²) in [5, 5.41) is 14.4. The van der Waals surface area contributed by atoms with Crippen LogP contribution in [0.25, 0.3) is 0 Å². The lowest BCUT2D eigenvalue weighted by molar-refractivity contribution is -0.384. The SMILES string of the molecule is Cc1ccc(C=NNC(=O)c2cccc([N+](=O)[O-])c2)s1. The summed E-state index contributed by atoms with van der Waals surface area (Å²) < 4.78 is 0. The quantitative estimate of drug-likeness (QED) is 0.533. The zero-order valence-corrected chi connectivity index (χ0v) is 11.4. The molecule has 1 aromatic carbocycles. The first-order valence-electron chi connectivity index (χ1n) is 5.70. The van der Waals surface area contributed by atoms with Gasteiger partial charge in [0.1, 0.15) is 0 Å². The summed E-state index contributed by atoms with van der Waals surface area (Å²) in [4.78, 5) is 23.9. The summed E-state index contributed by atoms with van der Waals surface area (Å²) >= 11 is 1.55. The van der Waals surface area contributed by atoms with Gasteiger partial charge in [-0.25, -0.2) is 5.43 Å². The second-order valence-electron chi connectivity index (χ2n) is 3.95. The molecule has 0 bridgehead atoms. The minimum Gasteiger partial charge on any atom is -0.267 e. The van der Waals surface area contributed by atoms with Gasteiger partial charge in [-0.15, -0.1) is 11.3 Å². The molecule has 0 spiro atoms. The molecule has 7 heteroatoms. The van der Waals surface area contributed by atoms with Gasteiger partial charge in [-0.3, -0.25) is 14.9 Å². The van der Waals surface area contributed by atoms with Crippen molar-refractivity contribution in [1.29, 1.82) is 0 Å². The van der Waals surface area contributed by atoms with Crippen molar-refractivity contribution in [3.8, 4) is 0 Å². The van der Waals surface area contributed by atoms with E-state index >= 15 is 0 Å². The fourth-order valence-electron chi connectivity index (χ4n) is 1.50. The van der Waals surface area contributed by atoms with E-state index < -0.39 is 10.8 Å². The van der Waals surface area contributed by atoms with Crippen molar-refractivity contribution in [3.63, 3.8) is 0 Å². The minimum absolute atomic E-state index is 0.129. The van der Waals surface area contributed by atoms with E-state index in [2.05, 4.69) is 10.5 Å². The molecule has 0 fully saturated rings. The summed E-state index contributed by atoms with van der Waals surface area (Å²) in [5.74, 6) is -0.488. The van der Waals surface area contributed by atoms with E-state index in [4.69, 9.17) is 0 Å². The summed E-state index contributed by atoms with van der Waals surface area (Å²) in [5.41, 5.74) is 2.40. The molecule has 0 saturated heterocycles. The van der Waals surface area contributed by atoms with Crippen LogP contribution in [0.5, 0.6) is 0 Å². The van der Waals surface area contributed by atoms with Crippen LogP contribution >= 0.6 is 11.3 Å². The van der Waals surface area contributed by atoms with E-state index in [1.807, 2.05) is 19.1 Å². The summed E-state index contributed by atoms with van der Waals surface area (Å²) in [6.07, 6.45) is 1.53. The number of hydrogen-bond donors (Lipinski definition) is 1. The molecule has 1 N–H and O–H groups in total. The van der Waals surface area contributed by atoms with Gasteiger partial charge in [-0.1, -0.05) is 6.07 Å². The van der Waals surface area contributed by atoms with Crippen LogP contribution in [0.15, 0.2) is 41.5 Å². The molecule has 0 unspecified atom stereocenters. The van der Waals surface area contributed by atoms with Crippen LogP contribution in [-0.4, -0.2) is 17.0 Å². The van der Waals surface area contributed by atoms with E-state index in [9.17, 15) is 14.9 Å². The highest BCUT2D eigenvalue weighted by molar-refractivity contribution is 7.13. The van der Waals surface area contributed by atoms with Crippen molar-refractivity contribution >= 4 is 29.1 Å². The number of nitro groups is 1. The fraction of sp³-hybridized carbons (Fsp3) is 0.0769. The predicted molar refractivity (Wildman–Crippen MR) is 77.2 cm³/mol. The molecule has 6 nitrogen and oxygen atoms in total. The Hall–Kier alpha value is -2.54. The molecule has 0 aliphatic rings. The number of nitrogens with zero attached hydrogens (tertiary/aromatic N) is 2. The smallest absolute Gasteiger partial charge is 0.267 e. The van der Waals surface area contributed by atoms with Gasteiger partial charge in [0.2, 0.25) is 0 Å². The number of benzene rings is 1. The van der Waals surface area contributed by atoms with Crippen LogP contribution in [0.2, 0.25) is 0 Å². The molecule has 1 aromatic heterocycles. The van der Waals surface area contributed by atoms with Gasteiger partial charge in [0.05, 0.1) is 11.1 Å². The number of hydrogen-bond acceptors (Lipinski definition) is 5. The first kappa shape index (κ1) is 13.9. The van der Waals surface area contributed by atoms with E-state index in [0.29, 0.717) is 0 Å². The zero-order chi connectivity index (χ0) is 14.5. The van der Waals surface area contributed by atoms with Gasteiger partial charge in [-0.05, 0) is 25.1 Å². The number of hydrazone groups is 1. The zero-order valence-electron chi connectivity index (χ0n) is 10.6. The van der Waals surface area contributed by atoms with Crippen LogP contribution in [0.4, 0.5) is 5.69 Å². The molecule has 2 rings (SSSR count). The van der Waals surface area contributed by atoms with Gasteiger partial charge in [0.15, 0.2) is 0 Å². The molecular formula is C13H11N3O3S. The summed E-state index contributed by atoms with van der Waals surface area (Å²) in [6.45, 7) is 1.98. The second-order valence-corrected chi connectivity index (χ2v) is 5.27. The lowest BCUT2D eigenvalue weighted by atomic mass is 10.2. The molecule has 20 heavy (non-hydrogen) atoms. The van der Waals surface area contributed by atoms with Gasteiger partial charge in [-0.2, -0.15) is 5.10 Å². The molecule has 2 aromatic rings. The highest BCUT2D eigenvalue weighted by Crippen LogP contribution is 2.13. The minimum atomic E-state index is -0.547. The molecule has 0 saturated carbocycles. The highest BCUT2D eigenvalue weighted by atomic mass is 32.1. The average molecular weight is 289 g/mol. The number of carbonyl (C=O) groups is 1. The number of nitrogens with one attached hydrogen (secondary N) is 1. The van der Waals surface area contributed by atoms with Crippen molar-refractivity contribution in [2.75, 3.05) is 0 Å². The Balaban J connectivity index is 2.03. The normalized spacial score (nSPS) is 10.7. The third-order valence-electron chi connectivity index (χ3n) is 2.44. The Bertz CT molecular complexity index is 679. The maximum Gasteiger partial charge on any atom is 0.271 e. The number of nitro benzene ring substituents is 1. The standard InChI is InChI=1S/C13H11N3O3S/c1-9-5-6-12(20-9)8-14-15-13(17)10-3-2-4-11(7-10)16(18)19/h2-8H,1H3,(H,15,17). The first-order valence-corrected chi connectivity index (χ1v) is 6.52. The summed E-state index contributed by atoms with van der Waals surface area (Å²) in [6, 6.07) is 9.33. The van der Waals surface area contributed by atoms with Crippen LogP contribution in [0.3, 0.4) is 0 Å². The van der Waals surface area contributed by atoms with Crippen molar-refractivity contribution < 1.29 is 9.72 Å². The van der Waals surface area contributed by atoms with Crippen LogP contribution in [-0.2, 0) is 0 Å². The third kappa shape index (κ3) is 3.48. The van der Waals surface area contributed by atoms with Gasteiger partial charge < -0.3 is 0 Å². The molecule has 102 valence electrons. The average Bonchev–Trinajstić information content (AvgIpc) is 2.84. The lowest BCUT2D eigenvalue weighted by Crippen LogP contribution is -2.17. The number of thiophene rings is 1.